The van der Waals surface area contributed by atoms with Crippen molar-refractivity contribution in [1.82, 2.24) is 14.9 Å². The average molecular weight is 253 g/mol. The van der Waals surface area contributed by atoms with Gasteiger partial charge in [0.05, 0.1) is 12.0 Å². The van der Waals surface area contributed by atoms with E-state index in [4.69, 9.17) is 0 Å². The highest BCUT2D eigenvalue weighted by Gasteiger charge is 2.37. The molecule has 1 N–H and O–H groups in total. The van der Waals surface area contributed by atoms with Crippen LogP contribution in [0.2, 0.25) is 0 Å². The molecule has 2 atom stereocenters. The van der Waals surface area contributed by atoms with Crippen molar-refractivity contribution in [3.8, 4) is 0 Å². The molecule has 1 aromatic carbocycles. The van der Waals surface area contributed by atoms with Crippen LogP contribution in [0.15, 0.2) is 42.9 Å². The first-order valence-corrected chi connectivity index (χ1v) is 7.21. The Labute approximate surface area is 113 Å². The SMILES string of the molecule is c1ccc(C2CC2NCc2cncn2C2CC2)cc1. The van der Waals surface area contributed by atoms with Crippen LogP contribution in [-0.4, -0.2) is 15.6 Å². The van der Waals surface area contributed by atoms with Crippen LogP contribution in [0.3, 0.4) is 0 Å². The number of imidazole rings is 1. The largest absolute Gasteiger partial charge is 0.330 e. The summed E-state index contributed by atoms with van der Waals surface area (Å²) in [4.78, 5) is 4.28. The molecule has 0 amide bonds. The first kappa shape index (κ1) is 11.2. The Balaban J connectivity index is 1.35. The van der Waals surface area contributed by atoms with E-state index in [0.717, 1.165) is 12.6 Å². The van der Waals surface area contributed by atoms with Crippen molar-refractivity contribution in [1.29, 1.82) is 0 Å². The Kier molecular flexibility index (Phi) is 2.66. The molecule has 3 nitrogen and oxygen atoms in total. The summed E-state index contributed by atoms with van der Waals surface area (Å²) < 4.78 is 2.34. The molecule has 98 valence electrons. The minimum atomic E-state index is 0.643. The summed E-state index contributed by atoms with van der Waals surface area (Å²) in [6.45, 7) is 0.949. The molecule has 1 heterocycles. The summed E-state index contributed by atoms with van der Waals surface area (Å²) in [5.41, 5.74) is 2.80. The van der Waals surface area contributed by atoms with Crippen molar-refractivity contribution >= 4 is 0 Å². The van der Waals surface area contributed by atoms with E-state index in [1.807, 2.05) is 12.5 Å². The number of rotatable bonds is 5. The fraction of sp³-hybridized carbons (Fsp3) is 0.438. The summed E-state index contributed by atoms with van der Waals surface area (Å²) in [5.74, 6) is 0.707. The Bertz CT molecular complexity index is 556. The molecule has 0 bridgehead atoms. The van der Waals surface area contributed by atoms with Crippen LogP contribution in [0.4, 0.5) is 0 Å². The van der Waals surface area contributed by atoms with Crippen molar-refractivity contribution in [2.45, 2.75) is 43.8 Å². The molecule has 2 fully saturated rings. The number of hydrogen-bond donors (Lipinski definition) is 1. The maximum Gasteiger partial charge on any atom is 0.0951 e. The second-order valence-corrected chi connectivity index (χ2v) is 5.76. The van der Waals surface area contributed by atoms with Crippen LogP contribution >= 0.6 is 0 Å². The lowest BCUT2D eigenvalue weighted by atomic mass is 10.1. The molecule has 3 heteroatoms. The van der Waals surface area contributed by atoms with Crippen molar-refractivity contribution < 1.29 is 0 Å². The van der Waals surface area contributed by atoms with Gasteiger partial charge in [-0.15, -0.1) is 0 Å². The van der Waals surface area contributed by atoms with Crippen molar-refractivity contribution in [2.75, 3.05) is 0 Å². The van der Waals surface area contributed by atoms with E-state index >= 15 is 0 Å². The zero-order valence-electron chi connectivity index (χ0n) is 11.0. The first-order valence-electron chi connectivity index (χ1n) is 7.21. The Morgan fingerprint density at radius 2 is 2.05 bits per heavy atom. The van der Waals surface area contributed by atoms with Gasteiger partial charge in [0.15, 0.2) is 0 Å². The quantitative estimate of drug-likeness (QED) is 0.888. The highest BCUT2D eigenvalue weighted by Crippen LogP contribution is 2.41. The maximum absolute atomic E-state index is 4.28. The topological polar surface area (TPSA) is 29.9 Å². The molecule has 0 aliphatic heterocycles. The van der Waals surface area contributed by atoms with Gasteiger partial charge in [-0.05, 0) is 24.8 Å². The summed E-state index contributed by atoms with van der Waals surface area (Å²) in [6, 6.07) is 12.2. The van der Waals surface area contributed by atoms with Crippen LogP contribution < -0.4 is 5.32 Å². The van der Waals surface area contributed by atoms with Gasteiger partial charge in [-0.25, -0.2) is 4.98 Å². The van der Waals surface area contributed by atoms with Crippen LogP contribution in [0.1, 0.15) is 42.5 Å². The lowest BCUT2D eigenvalue weighted by Crippen LogP contribution is -2.19. The van der Waals surface area contributed by atoms with E-state index < -0.39 is 0 Å². The van der Waals surface area contributed by atoms with Crippen molar-refractivity contribution in [2.24, 2.45) is 0 Å². The van der Waals surface area contributed by atoms with Crippen LogP contribution in [-0.2, 0) is 6.54 Å². The molecular formula is C16H19N3. The van der Waals surface area contributed by atoms with Gasteiger partial charge in [-0.1, -0.05) is 30.3 Å². The third kappa shape index (κ3) is 2.30. The smallest absolute Gasteiger partial charge is 0.0951 e. The highest BCUT2D eigenvalue weighted by atomic mass is 15.1. The van der Waals surface area contributed by atoms with Gasteiger partial charge in [-0.3, -0.25) is 0 Å². The fourth-order valence-electron chi connectivity index (χ4n) is 2.88. The van der Waals surface area contributed by atoms with Crippen LogP contribution in [0.25, 0.3) is 0 Å². The first-order chi connectivity index (χ1) is 9.42. The van der Waals surface area contributed by atoms with E-state index in [0.29, 0.717) is 12.0 Å². The molecule has 19 heavy (non-hydrogen) atoms. The molecule has 2 aliphatic carbocycles. The molecule has 2 saturated carbocycles. The van der Waals surface area contributed by atoms with Gasteiger partial charge in [0.1, 0.15) is 0 Å². The summed E-state index contributed by atoms with van der Waals surface area (Å²) in [6.07, 6.45) is 7.89. The monoisotopic (exact) mass is 253 g/mol. The lowest BCUT2D eigenvalue weighted by Gasteiger charge is -2.08. The molecule has 4 rings (SSSR count). The predicted molar refractivity (Wildman–Crippen MR) is 74.9 cm³/mol. The Hall–Kier alpha value is -1.61. The van der Waals surface area contributed by atoms with Gasteiger partial charge in [0.25, 0.3) is 0 Å². The molecular weight excluding hydrogens is 234 g/mol. The summed E-state index contributed by atoms with van der Waals surface area (Å²) in [7, 11) is 0. The zero-order valence-corrected chi connectivity index (χ0v) is 11.0. The molecule has 2 aromatic rings. The molecule has 0 spiro atoms. The normalized spacial score (nSPS) is 25.5. The summed E-state index contributed by atoms with van der Waals surface area (Å²) in [5, 5.41) is 3.67. The van der Waals surface area contributed by atoms with Gasteiger partial charge in [0.2, 0.25) is 0 Å². The molecule has 1 aromatic heterocycles. The van der Waals surface area contributed by atoms with Crippen molar-refractivity contribution in [3.63, 3.8) is 0 Å². The van der Waals surface area contributed by atoms with Crippen molar-refractivity contribution in [3.05, 3.63) is 54.1 Å². The molecule has 2 unspecified atom stereocenters. The third-order valence-corrected chi connectivity index (χ3v) is 4.25. The lowest BCUT2D eigenvalue weighted by molar-refractivity contribution is 0.611. The minimum Gasteiger partial charge on any atom is -0.330 e. The fourth-order valence-corrected chi connectivity index (χ4v) is 2.88. The molecule has 2 aliphatic rings. The van der Waals surface area contributed by atoms with E-state index in [9.17, 15) is 0 Å². The van der Waals surface area contributed by atoms with E-state index in [1.54, 1.807) is 0 Å². The minimum absolute atomic E-state index is 0.643. The Morgan fingerprint density at radius 1 is 1.21 bits per heavy atom. The second-order valence-electron chi connectivity index (χ2n) is 5.76. The van der Waals surface area contributed by atoms with E-state index in [2.05, 4.69) is 45.2 Å². The van der Waals surface area contributed by atoms with E-state index in [-0.39, 0.29) is 0 Å². The van der Waals surface area contributed by atoms with Gasteiger partial charge < -0.3 is 9.88 Å². The number of nitrogens with one attached hydrogen (secondary N) is 1. The molecule has 0 saturated heterocycles. The van der Waals surface area contributed by atoms with Gasteiger partial charge >= 0.3 is 0 Å². The second kappa shape index (κ2) is 4.49. The van der Waals surface area contributed by atoms with Crippen LogP contribution in [0.5, 0.6) is 0 Å². The highest BCUT2D eigenvalue weighted by molar-refractivity contribution is 5.27. The molecule has 0 radical (unpaired) electrons. The van der Waals surface area contributed by atoms with Gasteiger partial charge in [-0.2, -0.15) is 0 Å². The third-order valence-electron chi connectivity index (χ3n) is 4.25. The predicted octanol–water partition coefficient (Wildman–Crippen LogP) is 2.86. The average Bonchev–Trinajstić information content (AvgIpc) is 3.37. The number of aromatic nitrogens is 2. The van der Waals surface area contributed by atoms with Crippen LogP contribution in [0, 0.1) is 0 Å². The zero-order chi connectivity index (χ0) is 12.7. The maximum atomic E-state index is 4.28. The summed E-state index contributed by atoms with van der Waals surface area (Å²) >= 11 is 0. The number of nitrogens with zero attached hydrogens (tertiary/aromatic N) is 2. The van der Waals surface area contributed by atoms with Gasteiger partial charge in [0, 0.05) is 30.7 Å². The Morgan fingerprint density at radius 3 is 2.84 bits per heavy atom. The van der Waals surface area contributed by atoms with E-state index in [1.165, 1.54) is 30.5 Å². The number of hydrogen-bond acceptors (Lipinski definition) is 2. The number of benzene rings is 1. The standard InChI is InChI=1S/C16H19N3/c1-2-4-12(5-3-1)15-8-16(15)18-10-14-9-17-11-19(14)13-6-7-13/h1-5,9,11,13,15-16,18H,6-8,10H2.